The van der Waals surface area contributed by atoms with Crippen molar-refractivity contribution in [1.82, 2.24) is 20.2 Å². The third kappa shape index (κ3) is 5.79. The second kappa shape index (κ2) is 10.4. The molecule has 148 valence electrons. The summed E-state index contributed by atoms with van der Waals surface area (Å²) < 4.78 is 5.57. The summed E-state index contributed by atoms with van der Waals surface area (Å²) in [5.74, 6) is 1.48. The number of amides is 1. The van der Waals surface area contributed by atoms with Crippen LogP contribution in [0.2, 0.25) is 0 Å². The third-order valence-electron chi connectivity index (χ3n) is 4.57. The van der Waals surface area contributed by atoms with Gasteiger partial charge in [-0.15, -0.1) is 0 Å². The van der Waals surface area contributed by atoms with E-state index >= 15 is 0 Å². The lowest BCUT2D eigenvalue weighted by molar-refractivity contribution is -0.116. The molecule has 1 aromatic carbocycles. The van der Waals surface area contributed by atoms with Gasteiger partial charge in [-0.1, -0.05) is 18.2 Å². The van der Waals surface area contributed by atoms with Gasteiger partial charge in [0.15, 0.2) is 0 Å². The summed E-state index contributed by atoms with van der Waals surface area (Å²) in [4.78, 5) is 25.2. The molecule has 7 heteroatoms. The van der Waals surface area contributed by atoms with Gasteiger partial charge in [-0.3, -0.25) is 9.69 Å². The van der Waals surface area contributed by atoms with Crippen LogP contribution < -0.4 is 15.0 Å². The normalized spacial score (nSPS) is 15.0. The Morgan fingerprint density at radius 1 is 1.14 bits per heavy atom. The Kier molecular flexibility index (Phi) is 7.37. The van der Waals surface area contributed by atoms with Gasteiger partial charge in [0.25, 0.3) is 0 Å². The first-order chi connectivity index (χ1) is 13.8. The van der Waals surface area contributed by atoms with Crippen molar-refractivity contribution in [2.24, 2.45) is 0 Å². The summed E-state index contributed by atoms with van der Waals surface area (Å²) in [5, 5.41) is 2.95. The van der Waals surface area contributed by atoms with Crippen LogP contribution in [-0.2, 0) is 4.79 Å². The number of benzene rings is 1. The first-order valence-electron chi connectivity index (χ1n) is 9.68. The van der Waals surface area contributed by atoms with Crippen LogP contribution in [0.25, 0.3) is 6.08 Å². The predicted molar refractivity (Wildman–Crippen MR) is 110 cm³/mol. The Morgan fingerprint density at radius 2 is 1.89 bits per heavy atom. The van der Waals surface area contributed by atoms with Gasteiger partial charge < -0.3 is 15.0 Å². The molecule has 1 N–H and O–H groups in total. The lowest BCUT2D eigenvalue weighted by Crippen LogP contribution is -2.48. The summed E-state index contributed by atoms with van der Waals surface area (Å²) >= 11 is 0. The van der Waals surface area contributed by atoms with Gasteiger partial charge in [0.1, 0.15) is 5.75 Å². The van der Waals surface area contributed by atoms with E-state index in [4.69, 9.17) is 4.74 Å². The molecule has 1 saturated heterocycles. The summed E-state index contributed by atoms with van der Waals surface area (Å²) in [6.45, 7) is 7.66. The average molecular weight is 381 g/mol. The third-order valence-corrected chi connectivity index (χ3v) is 4.57. The number of aromatic nitrogens is 2. The van der Waals surface area contributed by atoms with Crippen molar-refractivity contribution in [3.05, 3.63) is 54.4 Å². The van der Waals surface area contributed by atoms with E-state index in [1.54, 1.807) is 24.5 Å². The summed E-state index contributed by atoms with van der Waals surface area (Å²) in [7, 11) is 0. The van der Waals surface area contributed by atoms with Crippen LogP contribution in [0.4, 0.5) is 5.95 Å². The van der Waals surface area contributed by atoms with Gasteiger partial charge in [-0.05, 0) is 25.1 Å². The van der Waals surface area contributed by atoms with E-state index in [0.29, 0.717) is 13.2 Å². The minimum atomic E-state index is -0.0948. The van der Waals surface area contributed by atoms with Crippen LogP contribution in [0.3, 0.4) is 0 Å². The van der Waals surface area contributed by atoms with Crippen molar-refractivity contribution in [1.29, 1.82) is 0 Å². The number of hydrogen-bond acceptors (Lipinski definition) is 6. The Balaban J connectivity index is 1.38. The van der Waals surface area contributed by atoms with Gasteiger partial charge >= 0.3 is 0 Å². The van der Waals surface area contributed by atoms with Crippen molar-refractivity contribution < 1.29 is 9.53 Å². The van der Waals surface area contributed by atoms with Gasteiger partial charge in [-0.25, -0.2) is 9.97 Å². The molecule has 0 radical (unpaired) electrons. The van der Waals surface area contributed by atoms with Crippen LogP contribution >= 0.6 is 0 Å². The number of para-hydroxylation sites is 1. The molecule has 0 aliphatic carbocycles. The molecule has 28 heavy (non-hydrogen) atoms. The van der Waals surface area contributed by atoms with Gasteiger partial charge in [0, 0.05) is 63.3 Å². The molecule has 0 spiro atoms. The molecule has 7 nitrogen and oxygen atoms in total. The molecule has 2 heterocycles. The van der Waals surface area contributed by atoms with Crippen LogP contribution in [0, 0.1) is 0 Å². The summed E-state index contributed by atoms with van der Waals surface area (Å²) in [6, 6.07) is 9.52. The fraction of sp³-hybridized carbons (Fsp3) is 0.381. The lowest BCUT2D eigenvalue weighted by atomic mass is 10.2. The Bertz CT molecular complexity index is 773. The van der Waals surface area contributed by atoms with Crippen molar-refractivity contribution in [2.45, 2.75) is 6.92 Å². The van der Waals surface area contributed by atoms with Crippen LogP contribution in [0.15, 0.2) is 48.8 Å². The number of ether oxygens (including phenoxy) is 1. The highest BCUT2D eigenvalue weighted by atomic mass is 16.5. The van der Waals surface area contributed by atoms with E-state index < -0.39 is 0 Å². The number of carbonyl (C=O) groups excluding carboxylic acids is 1. The van der Waals surface area contributed by atoms with E-state index in [2.05, 4.69) is 25.1 Å². The maximum atomic E-state index is 12.1. The molecular weight excluding hydrogens is 354 g/mol. The second-order valence-corrected chi connectivity index (χ2v) is 6.47. The number of carbonyl (C=O) groups is 1. The highest BCUT2D eigenvalue weighted by Gasteiger charge is 2.18. The highest BCUT2D eigenvalue weighted by Crippen LogP contribution is 2.19. The highest BCUT2D eigenvalue weighted by molar-refractivity contribution is 5.92. The van der Waals surface area contributed by atoms with Crippen molar-refractivity contribution in [3.8, 4) is 5.75 Å². The maximum Gasteiger partial charge on any atom is 0.244 e. The topological polar surface area (TPSA) is 70.6 Å². The van der Waals surface area contributed by atoms with Gasteiger partial charge in [0.05, 0.1) is 6.61 Å². The molecule has 1 aliphatic heterocycles. The van der Waals surface area contributed by atoms with Crippen molar-refractivity contribution in [3.63, 3.8) is 0 Å². The number of rotatable bonds is 8. The van der Waals surface area contributed by atoms with Crippen molar-refractivity contribution >= 4 is 17.9 Å². The lowest BCUT2D eigenvalue weighted by Gasteiger charge is -2.34. The molecule has 3 rings (SSSR count). The fourth-order valence-corrected chi connectivity index (χ4v) is 3.09. The zero-order valence-electron chi connectivity index (χ0n) is 16.3. The quantitative estimate of drug-likeness (QED) is 0.704. The minimum absolute atomic E-state index is 0.0948. The van der Waals surface area contributed by atoms with Gasteiger partial charge in [-0.2, -0.15) is 0 Å². The zero-order valence-corrected chi connectivity index (χ0v) is 16.3. The molecule has 1 aliphatic rings. The van der Waals surface area contributed by atoms with E-state index in [9.17, 15) is 4.79 Å². The number of hydrogen-bond donors (Lipinski definition) is 1. The molecule has 0 atom stereocenters. The van der Waals surface area contributed by atoms with Crippen LogP contribution in [0.1, 0.15) is 12.5 Å². The number of nitrogens with one attached hydrogen (secondary N) is 1. The van der Waals surface area contributed by atoms with Crippen LogP contribution in [-0.4, -0.2) is 66.7 Å². The Morgan fingerprint density at radius 3 is 2.64 bits per heavy atom. The molecule has 1 aromatic heterocycles. The zero-order chi connectivity index (χ0) is 19.6. The molecule has 2 aromatic rings. The molecule has 1 amide bonds. The smallest absolute Gasteiger partial charge is 0.244 e. The predicted octanol–water partition coefficient (Wildman–Crippen LogP) is 1.83. The second-order valence-electron chi connectivity index (χ2n) is 6.47. The molecule has 1 fully saturated rings. The summed E-state index contributed by atoms with van der Waals surface area (Å²) in [5.41, 5.74) is 0.902. The first kappa shape index (κ1) is 19.8. The summed E-state index contributed by atoms with van der Waals surface area (Å²) in [6.07, 6.45) is 6.89. The number of anilines is 1. The molecule has 0 saturated carbocycles. The first-order valence-corrected chi connectivity index (χ1v) is 9.68. The molecule has 0 bridgehead atoms. The Labute approximate surface area is 166 Å². The SMILES string of the molecule is CCOc1ccccc1/C=C/C(=O)NCCN1CCN(c2ncccn2)CC1. The van der Waals surface area contributed by atoms with E-state index in [-0.39, 0.29) is 5.91 Å². The van der Waals surface area contributed by atoms with Gasteiger partial charge in [0.2, 0.25) is 11.9 Å². The monoisotopic (exact) mass is 381 g/mol. The van der Waals surface area contributed by atoms with E-state index in [0.717, 1.165) is 50.0 Å². The van der Waals surface area contributed by atoms with Crippen molar-refractivity contribution in [2.75, 3.05) is 50.8 Å². The number of piperazine rings is 1. The maximum absolute atomic E-state index is 12.1. The minimum Gasteiger partial charge on any atom is -0.493 e. The van der Waals surface area contributed by atoms with Crippen LogP contribution in [0.5, 0.6) is 5.75 Å². The fourth-order valence-electron chi connectivity index (χ4n) is 3.09. The largest absolute Gasteiger partial charge is 0.493 e. The average Bonchev–Trinajstić information content (AvgIpc) is 2.74. The molecular formula is C21H27N5O2. The van der Waals surface area contributed by atoms with E-state index in [1.165, 1.54) is 0 Å². The molecule has 0 unspecified atom stereocenters. The van der Waals surface area contributed by atoms with E-state index in [1.807, 2.05) is 37.3 Å². The number of nitrogens with zero attached hydrogens (tertiary/aromatic N) is 4. The Hall–Kier alpha value is -2.93. The standard InChI is InChI=1S/C21H27N5O2/c1-2-28-19-7-4-3-6-18(19)8-9-20(27)22-12-13-25-14-16-26(17-15-25)21-23-10-5-11-24-21/h3-11H,2,12-17H2,1H3,(H,22,27)/b9-8+.